The lowest BCUT2D eigenvalue weighted by atomic mass is 10.1. The van der Waals surface area contributed by atoms with Crippen molar-refractivity contribution in [3.63, 3.8) is 0 Å². The first-order valence-corrected chi connectivity index (χ1v) is 6.46. The average molecular weight is 292 g/mol. The number of anilines is 2. The van der Waals surface area contributed by atoms with Gasteiger partial charge in [0.15, 0.2) is 11.6 Å². The number of benzene rings is 1. The van der Waals surface area contributed by atoms with Crippen molar-refractivity contribution in [2.24, 2.45) is 0 Å². The predicted molar refractivity (Wildman–Crippen MR) is 74.8 cm³/mol. The minimum absolute atomic E-state index is 0.0489. The molecule has 2 rings (SSSR count). The van der Waals surface area contributed by atoms with E-state index in [2.05, 4.69) is 10.3 Å². The van der Waals surface area contributed by atoms with E-state index in [0.29, 0.717) is 12.1 Å². The van der Waals surface area contributed by atoms with Crippen LogP contribution in [0.4, 0.5) is 20.3 Å². The Morgan fingerprint density at radius 2 is 2.10 bits per heavy atom. The Kier molecular flexibility index (Phi) is 4.47. The van der Waals surface area contributed by atoms with Crippen molar-refractivity contribution in [3.8, 4) is 0 Å². The van der Waals surface area contributed by atoms with Crippen LogP contribution in [0.2, 0.25) is 0 Å². The Hall–Kier alpha value is -2.50. The van der Waals surface area contributed by atoms with Crippen LogP contribution in [0.1, 0.15) is 29.4 Å². The van der Waals surface area contributed by atoms with Gasteiger partial charge in [-0.15, -0.1) is 0 Å². The van der Waals surface area contributed by atoms with Gasteiger partial charge < -0.3 is 10.4 Å². The van der Waals surface area contributed by atoms with Gasteiger partial charge in [-0.3, -0.25) is 0 Å². The van der Waals surface area contributed by atoms with Crippen molar-refractivity contribution in [1.82, 2.24) is 4.98 Å². The number of rotatable bonds is 5. The van der Waals surface area contributed by atoms with Crippen molar-refractivity contribution in [1.29, 1.82) is 0 Å². The van der Waals surface area contributed by atoms with Gasteiger partial charge in [-0.2, -0.15) is 0 Å². The second-order valence-electron chi connectivity index (χ2n) is 4.51. The molecule has 110 valence electrons. The van der Waals surface area contributed by atoms with Gasteiger partial charge in [0.05, 0.1) is 11.3 Å². The van der Waals surface area contributed by atoms with Gasteiger partial charge >= 0.3 is 5.97 Å². The second-order valence-corrected chi connectivity index (χ2v) is 4.51. The standard InChI is InChI=1S/C15H14F2N2O2/c1-2-4-10-7-9(15(20)21)8-13(18-10)19-12-6-3-5-11(16)14(12)17/h3,5-8H,2,4H2,1H3,(H,18,19)(H,20,21). The van der Waals surface area contributed by atoms with E-state index in [1.54, 1.807) is 0 Å². The molecule has 0 aliphatic heterocycles. The van der Waals surface area contributed by atoms with Gasteiger partial charge in [0.25, 0.3) is 0 Å². The van der Waals surface area contributed by atoms with Crippen LogP contribution >= 0.6 is 0 Å². The van der Waals surface area contributed by atoms with Crippen LogP contribution in [0.25, 0.3) is 0 Å². The molecule has 0 saturated heterocycles. The van der Waals surface area contributed by atoms with Gasteiger partial charge in [0.2, 0.25) is 0 Å². The first-order valence-electron chi connectivity index (χ1n) is 6.46. The molecule has 0 radical (unpaired) electrons. The summed E-state index contributed by atoms with van der Waals surface area (Å²) in [6, 6.07) is 6.47. The maximum absolute atomic E-state index is 13.6. The molecule has 4 nitrogen and oxygen atoms in total. The molecule has 6 heteroatoms. The Bertz CT molecular complexity index is 675. The van der Waals surface area contributed by atoms with Crippen molar-refractivity contribution in [2.45, 2.75) is 19.8 Å². The summed E-state index contributed by atoms with van der Waals surface area (Å²) >= 11 is 0. The molecule has 0 saturated carbocycles. The third-order valence-corrected chi connectivity index (χ3v) is 2.85. The molecule has 0 bridgehead atoms. The maximum atomic E-state index is 13.6. The highest BCUT2D eigenvalue weighted by molar-refractivity contribution is 5.88. The summed E-state index contributed by atoms with van der Waals surface area (Å²) in [5, 5.41) is 11.7. The highest BCUT2D eigenvalue weighted by Crippen LogP contribution is 2.22. The van der Waals surface area contributed by atoms with E-state index in [-0.39, 0.29) is 17.1 Å². The quantitative estimate of drug-likeness (QED) is 0.881. The van der Waals surface area contributed by atoms with Crippen LogP contribution < -0.4 is 5.32 Å². The molecule has 1 aromatic carbocycles. The van der Waals surface area contributed by atoms with Gasteiger partial charge in [-0.25, -0.2) is 18.6 Å². The smallest absolute Gasteiger partial charge is 0.335 e. The van der Waals surface area contributed by atoms with E-state index in [9.17, 15) is 13.6 Å². The molecule has 0 aliphatic carbocycles. The average Bonchev–Trinajstić information content (AvgIpc) is 2.44. The third kappa shape index (κ3) is 3.53. The normalized spacial score (nSPS) is 10.4. The monoisotopic (exact) mass is 292 g/mol. The predicted octanol–water partition coefficient (Wildman–Crippen LogP) is 3.75. The fourth-order valence-corrected chi connectivity index (χ4v) is 1.90. The molecule has 2 N–H and O–H groups in total. The van der Waals surface area contributed by atoms with E-state index in [1.165, 1.54) is 24.3 Å². The molecule has 1 aromatic heterocycles. The van der Waals surface area contributed by atoms with Crippen molar-refractivity contribution >= 4 is 17.5 Å². The largest absolute Gasteiger partial charge is 0.478 e. The fraction of sp³-hybridized carbons (Fsp3) is 0.200. The fourth-order valence-electron chi connectivity index (χ4n) is 1.90. The molecule has 0 spiro atoms. The lowest BCUT2D eigenvalue weighted by Crippen LogP contribution is -2.05. The summed E-state index contributed by atoms with van der Waals surface area (Å²) in [5.41, 5.74) is 0.539. The number of carbonyl (C=O) groups is 1. The molecule has 0 atom stereocenters. The van der Waals surface area contributed by atoms with Gasteiger partial charge in [0.1, 0.15) is 5.82 Å². The number of halogens is 2. The summed E-state index contributed by atoms with van der Waals surface area (Å²) in [6.07, 6.45) is 1.39. The highest BCUT2D eigenvalue weighted by atomic mass is 19.2. The number of aryl methyl sites for hydroxylation is 1. The van der Waals surface area contributed by atoms with E-state index >= 15 is 0 Å². The summed E-state index contributed by atoms with van der Waals surface area (Å²) in [6.45, 7) is 1.94. The Morgan fingerprint density at radius 1 is 1.33 bits per heavy atom. The number of pyridine rings is 1. The molecular weight excluding hydrogens is 278 g/mol. The molecule has 1 heterocycles. The minimum atomic E-state index is -1.10. The van der Waals surface area contributed by atoms with Crippen LogP contribution in [0.5, 0.6) is 0 Å². The molecule has 0 unspecified atom stereocenters. The van der Waals surface area contributed by atoms with E-state index in [1.807, 2.05) is 6.92 Å². The first-order chi connectivity index (χ1) is 10.0. The second kappa shape index (κ2) is 6.30. The maximum Gasteiger partial charge on any atom is 0.335 e. The zero-order valence-corrected chi connectivity index (χ0v) is 11.4. The highest BCUT2D eigenvalue weighted by Gasteiger charge is 2.11. The Morgan fingerprint density at radius 3 is 2.76 bits per heavy atom. The summed E-state index contributed by atoms with van der Waals surface area (Å²) in [4.78, 5) is 15.3. The summed E-state index contributed by atoms with van der Waals surface area (Å²) < 4.78 is 26.8. The molecule has 0 aliphatic rings. The van der Waals surface area contributed by atoms with Crippen molar-refractivity contribution < 1.29 is 18.7 Å². The molecule has 21 heavy (non-hydrogen) atoms. The van der Waals surface area contributed by atoms with Crippen molar-refractivity contribution in [2.75, 3.05) is 5.32 Å². The zero-order chi connectivity index (χ0) is 15.4. The number of nitrogens with one attached hydrogen (secondary N) is 1. The lowest BCUT2D eigenvalue weighted by molar-refractivity contribution is 0.0696. The van der Waals surface area contributed by atoms with Gasteiger partial charge in [0, 0.05) is 5.69 Å². The lowest BCUT2D eigenvalue weighted by Gasteiger charge is -2.10. The zero-order valence-electron chi connectivity index (χ0n) is 11.4. The van der Waals surface area contributed by atoms with Crippen LogP contribution in [-0.2, 0) is 6.42 Å². The van der Waals surface area contributed by atoms with Crippen LogP contribution in [0.15, 0.2) is 30.3 Å². The SMILES string of the molecule is CCCc1cc(C(=O)O)cc(Nc2cccc(F)c2F)n1. The first kappa shape index (κ1) is 14.9. The van der Waals surface area contributed by atoms with E-state index in [0.717, 1.165) is 12.5 Å². The topological polar surface area (TPSA) is 62.2 Å². The van der Waals surface area contributed by atoms with Crippen LogP contribution in [0.3, 0.4) is 0 Å². The summed E-state index contributed by atoms with van der Waals surface area (Å²) in [5.74, 6) is -2.94. The van der Waals surface area contributed by atoms with E-state index < -0.39 is 17.6 Å². The Labute approximate surface area is 120 Å². The number of hydrogen-bond acceptors (Lipinski definition) is 3. The molecule has 2 aromatic rings. The number of hydrogen-bond donors (Lipinski definition) is 2. The van der Waals surface area contributed by atoms with Crippen LogP contribution in [0, 0.1) is 11.6 Å². The summed E-state index contributed by atoms with van der Waals surface area (Å²) in [7, 11) is 0. The van der Waals surface area contributed by atoms with Gasteiger partial charge in [-0.05, 0) is 30.7 Å². The minimum Gasteiger partial charge on any atom is -0.478 e. The molecular formula is C15H14F2N2O2. The number of aromatic carboxylic acids is 1. The van der Waals surface area contributed by atoms with E-state index in [4.69, 9.17) is 5.11 Å². The number of aromatic nitrogens is 1. The number of carboxylic acid groups (broad SMARTS) is 1. The van der Waals surface area contributed by atoms with Crippen LogP contribution in [-0.4, -0.2) is 16.1 Å². The van der Waals surface area contributed by atoms with Crippen molar-refractivity contribution in [3.05, 3.63) is 53.2 Å². The Balaban J connectivity index is 2.38. The number of carboxylic acids is 1. The van der Waals surface area contributed by atoms with Gasteiger partial charge in [-0.1, -0.05) is 19.4 Å². The molecule has 0 amide bonds. The third-order valence-electron chi connectivity index (χ3n) is 2.85. The number of nitrogens with zero attached hydrogens (tertiary/aromatic N) is 1. The molecule has 0 fully saturated rings.